The molecule has 8 nitrogen and oxygen atoms in total. The number of carbonyl (C=O) groups is 2. The zero-order valence-electron chi connectivity index (χ0n) is 17.7. The van der Waals surface area contributed by atoms with Crippen LogP contribution in [0.15, 0.2) is 53.5 Å². The number of hydrogen-bond acceptors (Lipinski definition) is 4. The number of thiophene rings is 1. The number of imidazole rings is 1. The fraction of sp³-hybridized carbons (Fsp3) is 0.261. The summed E-state index contributed by atoms with van der Waals surface area (Å²) < 4.78 is 2.02. The van der Waals surface area contributed by atoms with E-state index < -0.39 is 11.9 Å². The lowest BCUT2D eigenvalue weighted by molar-refractivity contribution is -0.132. The minimum Gasteiger partial charge on any atom is -0.478 e. The van der Waals surface area contributed by atoms with Crippen molar-refractivity contribution in [2.24, 2.45) is 0 Å². The lowest BCUT2D eigenvalue weighted by Gasteiger charge is -2.12. The van der Waals surface area contributed by atoms with Gasteiger partial charge in [-0.15, -0.1) is 11.3 Å². The molecule has 0 amide bonds. The number of carboxylic acids is 2. The fourth-order valence-corrected chi connectivity index (χ4v) is 3.89. The molecule has 0 bridgehead atoms. The van der Waals surface area contributed by atoms with Crippen molar-refractivity contribution in [2.75, 3.05) is 0 Å². The Balaban J connectivity index is 0.00000256. The van der Waals surface area contributed by atoms with Gasteiger partial charge in [0.1, 0.15) is 5.82 Å². The molecular formula is C23H28N2O6S. The molecule has 2 heterocycles. The molecule has 3 aromatic rings. The van der Waals surface area contributed by atoms with Gasteiger partial charge >= 0.3 is 11.9 Å². The fourth-order valence-electron chi connectivity index (χ4n) is 3.16. The minimum absolute atomic E-state index is 0. The van der Waals surface area contributed by atoms with E-state index in [4.69, 9.17) is 5.11 Å². The Morgan fingerprint density at radius 2 is 1.84 bits per heavy atom. The van der Waals surface area contributed by atoms with Gasteiger partial charge in [0.2, 0.25) is 0 Å². The smallest absolute Gasteiger partial charge is 0.335 e. The molecule has 2 aromatic heterocycles. The van der Waals surface area contributed by atoms with Gasteiger partial charge in [0.25, 0.3) is 0 Å². The Hall–Kier alpha value is -3.27. The molecule has 0 saturated carbocycles. The van der Waals surface area contributed by atoms with Crippen molar-refractivity contribution in [1.82, 2.24) is 9.55 Å². The largest absolute Gasteiger partial charge is 0.478 e. The molecule has 6 N–H and O–H groups in total. The zero-order valence-corrected chi connectivity index (χ0v) is 18.6. The summed E-state index contributed by atoms with van der Waals surface area (Å²) in [7, 11) is 0. The Labute approximate surface area is 190 Å². The molecule has 1 aromatic carbocycles. The molecule has 0 aliphatic heterocycles. The van der Waals surface area contributed by atoms with Gasteiger partial charge in [0.15, 0.2) is 0 Å². The van der Waals surface area contributed by atoms with Crippen molar-refractivity contribution in [3.05, 3.63) is 81.1 Å². The van der Waals surface area contributed by atoms with E-state index in [9.17, 15) is 14.7 Å². The van der Waals surface area contributed by atoms with Crippen LogP contribution in [0.2, 0.25) is 0 Å². The number of aliphatic carboxylic acids is 1. The molecule has 0 spiro atoms. The number of benzene rings is 1. The molecule has 3 rings (SSSR count). The maximum absolute atomic E-state index is 11.8. The van der Waals surface area contributed by atoms with Gasteiger partial charge in [0.05, 0.1) is 17.5 Å². The molecule has 0 radical (unpaired) electrons. The quantitative estimate of drug-likeness (QED) is 0.445. The molecule has 172 valence electrons. The van der Waals surface area contributed by atoms with E-state index in [-0.39, 0.29) is 16.5 Å². The minimum atomic E-state index is -0.962. The highest BCUT2D eigenvalue weighted by atomic mass is 32.1. The predicted molar refractivity (Wildman–Crippen MR) is 124 cm³/mol. The number of aromatic nitrogens is 2. The normalized spacial score (nSPS) is 10.8. The summed E-state index contributed by atoms with van der Waals surface area (Å²) >= 11 is 1.53. The topological polar surface area (TPSA) is 155 Å². The van der Waals surface area contributed by atoms with Crippen molar-refractivity contribution in [3.63, 3.8) is 0 Å². The number of rotatable bonds is 10. The third-order valence-corrected chi connectivity index (χ3v) is 5.68. The number of unbranched alkanes of at least 4 members (excludes halogenated alkanes) is 1. The van der Waals surface area contributed by atoms with Gasteiger partial charge in [-0.25, -0.2) is 14.6 Å². The molecule has 32 heavy (non-hydrogen) atoms. The first-order chi connectivity index (χ1) is 14.5. The first-order valence-electron chi connectivity index (χ1n) is 9.80. The summed E-state index contributed by atoms with van der Waals surface area (Å²) in [5, 5.41) is 20.7. The second kappa shape index (κ2) is 12.6. The van der Waals surface area contributed by atoms with Crippen LogP contribution in [0, 0.1) is 0 Å². The van der Waals surface area contributed by atoms with Gasteiger partial charge in [-0.2, -0.15) is 0 Å². The Kier molecular flexibility index (Phi) is 10.5. The summed E-state index contributed by atoms with van der Waals surface area (Å²) in [4.78, 5) is 28.5. The average molecular weight is 461 g/mol. The molecule has 0 aliphatic rings. The van der Waals surface area contributed by atoms with Crippen LogP contribution < -0.4 is 0 Å². The summed E-state index contributed by atoms with van der Waals surface area (Å²) in [5.41, 5.74) is 2.21. The lowest BCUT2D eigenvalue weighted by atomic mass is 10.1. The Morgan fingerprint density at radius 1 is 1.12 bits per heavy atom. The summed E-state index contributed by atoms with van der Waals surface area (Å²) in [6, 6.07) is 10.6. The van der Waals surface area contributed by atoms with Crippen molar-refractivity contribution in [3.8, 4) is 0 Å². The van der Waals surface area contributed by atoms with Gasteiger partial charge in [0, 0.05) is 29.8 Å². The van der Waals surface area contributed by atoms with E-state index in [2.05, 4.69) is 11.9 Å². The van der Waals surface area contributed by atoms with Crippen molar-refractivity contribution in [2.45, 2.75) is 39.2 Å². The molecule has 0 unspecified atom stereocenters. The third-order valence-electron chi connectivity index (χ3n) is 4.81. The standard InChI is InChI=1S/C23H24N2O4S.2H2O/c1-2-3-6-21-24-14-19(12-18(23(28)29)13-20-5-4-11-30-20)25(21)15-16-7-9-17(10-8-16)22(26)27;;/h4-5,7-12,14H,2-3,6,13,15H2,1H3,(H,26,27)(H,28,29);2*1H2. The number of nitrogens with zero attached hydrogens (tertiary/aromatic N) is 2. The first kappa shape index (κ1) is 26.8. The van der Waals surface area contributed by atoms with Crippen LogP contribution in [-0.4, -0.2) is 42.7 Å². The number of hydrogen-bond donors (Lipinski definition) is 2. The molecule has 9 heteroatoms. The van der Waals surface area contributed by atoms with Crippen molar-refractivity contribution >= 4 is 29.4 Å². The van der Waals surface area contributed by atoms with E-state index >= 15 is 0 Å². The number of aromatic carboxylic acids is 1. The van der Waals surface area contributed by atoms with Gasteiger partial charge < -0.3 is 25.7 Å². The zero-order chi connectivity index (χ0) is 21.5. The first-order valence-corrected chi connectivity index (χ1v) is 10.7. The van der Waals surface area contributed by atoms with Crippen LogP contribution in [0.25, 0.3) is 6.08 Å². The molecule has 0 saturated heterocycles. The average Bonchev–Trinajstić information content (AvgIpc) is 3.37. The summed E-state index contributed by atoms with van der Waals surface area (Å²) in [6.07, 6.45) is 6.58. The van der Waals surface area contributed by atoms with Crippen LogP contribution in [0.1, 0.15) is 52.1 Å². The highest BCUT2D eigenvalue weighted by Gasteiger charge is 2.14. The number of carboxylic acid groups (broad SMARTS) is 2. The summed E-state index contributed by atoms with van der Waals surface area (Å²) in [6.45, 7) is 2.61. The predicted octanol–water partition coefficient (Wildman–Crippen LogP) is 3.10. The van der Waals surface area contributed by atoms with E-state index in [1.165, 1.54) is 11.3 Å². The van der Waals surface area contributed by atoms with E-state index in [1.807, 2.05) is 22.1 Å². The van der Waals surface area contributed by atoms with Crippen LogP contribution in [0.4, 0.5) is 0 Å². The van der Waals surface area contributed by atoms with Crippen LogP contribution in [0.3, 0.4) is 0 Å². The monoisotopic (exact) mass is 460 g/mol. The van der Waals surface area contributed by atoms with Crippen LogP contribution in [0.5, 0.6) is 0 Å². The maximum atomic E-state index is 11.8. The molecule has 0 fully saturated rings. The SMILES string of the molecule is CCCCc1ncc(C=C(Cc2cccs2)C(=O)O)n1Cc1ccc(C(=O)O)cc1.O.O. The van der Waals surface area contributed by atoms with Crippen LogP contribution >= 0.6 is 11.3 Å². The second-order valence-electron chi connectivity index (χ2n) is 7.02. The van der Waals surface area contributed by atoms with E-state index in [0.717, 1.165) is 41.2 Å². The Bertz CT molecular complexity index is 1040. The van der Waals surface area contributed by atoms with Gasteiger partial charge in [-0.05, 0) is 41.6 Å². The summed E-state index contributed by atoms with van der Waals surface area (Å²) in [5.74, 6) is -1.01. The Morgan fingerprint density at radius 3 is 2.41 bits per heavy atom. The van der Waals surface area contributed by atoms with Gasteiger partial charge in [-0.1, -0.05) is 31.5 Å². The lowest BCUT2D eigenvalue weighted by Crippen LogP contribution is -2.09. The van der Waals surface area contributed by atoms with E-state index in [1.54, 1.807) is 36.5 Å². The highest BCUT2D eigenvalue weighted by molar-refractivity contribution is 7.09. The van der Waals surface area contributed by atoms with Crippen molar-refractivity contribution < 1.29 is 30.8 Å². The van der Waals surface area contributed by atoms with Gasteiger partial charge in [-0.3, -0.25) is 0 Å². The second-order valence-corrected chi connectivity index (χ2v) is 8.05. The molecular weight excluding hydrogens is 432 g/mol. The third kappa shape index (κ3) is 6.88. The van der Waals surface area contributed by atoms with Crippen LogP contribution in [-0.2, 0) is 24.2 Å². The van der Waals surface area contributed by atoms with Crippen molar-refractivity contribution in [1.29, 1.82) is 0 Å². The van der Waals surface area contributed by atoms with E-state index in [0.29, 0.717) is 18.5 Å². The number of aryl methyl sites for hydroxylation is 1. The maximum Gasteiger partial charge on any atom is 0.335 e. The molecule has 0 aliphatic carbocycles. The molecule has 0 atom stereocenters. The highest BCUT2D eigenvalue weighted by Crippen LogP contribution is 2.20.